The lowest BCUT2D eigenvalue weighted by molar-refractivity contribution is 0.132. The van der Waals surface area contributed by atoms with Gasteiger partial charge in [-0.05, 0) is 62.3 Å². The van der Waals surface area contributed by atoms with Crippen molar-refractivity contribution >= 4 is 44.7 Å². The van der Waals surface area contributed by atoms with Crippen molar-refractivity contribution in [2.24, 2.45) is 0 Å². The second-order valence-corrected chi connectivity index (χ2v) is 11.5. The molecule has 4 heterocycles. The third-order valence-electron chi connectivity index (χ3n) is 7.07. The molecule has 2 fully saturated rings. The summed E-state index contributed by atoms with van der Waals surface area (Å²) in [5.41, 5.74) is 2.28. The number of hydrogen-bond donors (Lipinski definition) is 1. The number of fused-ring (bicyclic) bond motifs is 1. The lowest BCUT2D eigenvalue weighted by atomic mass is 9.96. The summed E-state index contributed by atoms with van der Waals surface area (Å²) in [4.78, 5) is 27.5. The van der Waals surface area contributed by atoms with Crippen molar-refractivity contribution in [2.45, 2.75) is 51.0 Å². The van der Waals surface area contributed by atoms with Crippen LogP contribution in [0.1, 0.15) is 54.0 Å². The van der Waals surface area contributed by atoms with E-state index in [1.54, 1.807) is 23.5 Å². The van der Waals surface area contributed by atoms with E-state index in [9.17, 15) is 19.6 Å². The SMILES string of the molecule is CCc1nc2sc(C3CCN(C(=O)O)CC3)cn2c1N(c1nc(-c2ccc(F)cc2)c(C#N)s1)C1CC1. The van der Waals surface area contributed by atoms with E-state index in [1.165, 1.54) is 33.2 Å². The molecule has 0 atom stereocenters. The number of anilines is 2. The van der Waals surface area contributed by atoms with E-state index in [2.05, 4.69) is 28.5 Å². The molecule has 0 bridgehead atoms. The lowest BCUT2D eigenvalue weighted by Crippen LogP contribution is -2.36. The Hall–Kier alpha value is -3.49. The molecule has 37 heavy (non-hydrogen) atoms. The maximum atomic E-state index is 13.5. The minimum atomic E-state index is -0.852. The maximum Gasteiger partial charge on any atom is 0.407 e. The van der Waals surface area contributed by atoms with Gasteiger partial charge in [0.05, 0.1) is 5.69 Å². The van der Waals surface area contributed by atoms with Gasteiger partial charge in [-0.25, -0.2) is 19.2 Å². The number of nitriles is 1. The van der Waals surface area contributed by atoms with E-state index in [-0.39, 0.29) is 11.9 Å². The summed E-state index contributed by atoms with van der Waals surface area (Å²) in [5.74, 6) is 0.979. The fourth-order valence-electron chi connectivity index (χ4n) is 4.98. The Kier molecular flexibility index (Phi) is 6.09. The van der Waals surface area contributed by atoms with E-state index < -0.39 is 6.09 Å². The van der Waals surface area contributed by atoms with Gasteiger partial charge in [0.15, 0.2) is 10.1 Å². The summed E-state index contributed by atoms with van der Waals surface area (Å²) in [6, 6.07) is 8.66. The predicted molar refractivity (Wildman–Crippen MR) is 141 cm³/mol. The van der Waals surface area contributed by atoms with Crippen molar-refractivity contribution in [3.8, 4) is 17.3 Å². The molecule has 0 unspecified atom stereocenters. The second kappa shape index (κ2) is 9.43. The normalized spacial score (nSPS) is 16.3. The minimum absolute atomic E-state index is 0.283. The van der Waals surface area contributed by atoms with Crippen LogP contribution in [0.4, 0.5) is 20.1 Å². The van der Waals surface area contributed by atoms with Crippen molar-refractivity contribution < 1.29 is 14.3 Å². The summed E-state index contributed by atoms with van der Waals surface area (Å²) in [5, 5.41) is 19.9. The van der Waals surface area contributed by atoms with E-state index in [0.29, 0.717) is 29.6 Å². The van der Waals surface area contributed by atoms with Crippen LogP contribution >= 0.6 is 22.7 Å². The second-order valence-electron chi connectivity index (χ2n) is 9.46. The number of thiazole rings is 2. The molecule has 190 valence electrons. The molecule has 11 heteroatoms. The molecule has 6 rings (SSSR count). The highest BCUT2D eigenvalue weighted by molar-refractivity contribution is 7.17. The van der Waals surface area contributed by atoms with Crippen LogP contribution < -0.4 is 4.90 Å². The first-order valence-corrected chi connectivity index (χ1v) is 14.0. The molecule has 0 radical (unpaired) electrons. The topological polar surface area (TPSA) is 97.8 Å². The third kappa shape index (κ3) is 4.34. The fourth-order valence-corrected chi connectivity index (χ4v) is 7.10. The average molecular weight is 537 g/mol. The maximum absolute atomic E-state index is 13.5. The van der Waals surface area contributed by atoms with Crippen LogP contribution in [0.3, 0.4) is 0 Å². The Labute approximate surface area is 221 Å². The van der Waals surface area contributed by atoms with Crippen LogP contribution in [-0.2, 0) is 6.42 Å². The van der Waals surface area contributed by atoms with Gasteiger partial charge in [-0.2, -0.15) is 5.26 Å². The highest BCUT2D eigenvalue weighted by Gasteiger charge is 2.37. The fraction of sp³-hybridized carbons (Fsp3) is 0.385. The van der Waals surface area contributed by atoms with Gasteiger partial charge in [0.1, 0.15) is 28.3 Å². The Morgan fingerprint density at radius 1 is 1.19 bits per heavy atom. The van der Waals surface area contributed by atoms with Gasteiger partial charge in [0, 0.05) is 35.8 Å². The molecule has 8 nitrogen and oxygen atoms in total. The zero-order chi connectivity index (χ0) is 25.7. The number of amides is 1. The number of aryl methyl sites for hydroxylation is 1. The standard InChI is InChI=1S/C26H25FN6O2S2/c1-2-19-23(32-14-21(37-24(32)29-19)15-9-11-31(12-10-15)26(34)35)33(18-7-8-18)25-30-22(20(13-28)36-25)16-3-5-17(27)6-4-16/h3-6,14-15,18H,2,7-12H2,1H3,(H,34,35). The third-order valence-corrected chi connectivity index (χ3v) is 9.18. The smallest absolute Gasteiger partial charge is 0.407 e. The molecule has 0 spiro atoms. The lowest BCUT2D eigenvalue weighted by Gasteiger charge is -2.29. The first-order chi connectivity index (χ1) is 18.0. The van der Waals surface area contributed by atoms with Gasteiger partial charge >= 0.3 is 6.09 Å². The Morgan fingerprint density at radius 3 is 2.54 bits per heavy atom. The number of aromatic nitrogens is 3. The molecule has 1 aliphatic carbocycles. The number of carboxylic acid groups (broad SMARTS) is 1. The summed E-state index contributed by atoms with van der Waals surface area (Å²) >= 11 is 3.03. The van der Waals surface area contributed by atoms with Crippen LogP contribution in [0, 0.1) is 17.1 Å². The number of rotatable bonds is 6. The number of benzene rings is 1. The number of likely N-dealkylation sites (tertiary alicyclic amines) is 1. The van der Waals surface area contributed by atoms with Crippen LogP contribution in [0.15, 0.2) is 30.5 Å². The van der Waals surface area contributed by atoms with Crippen molar-refractivity contribution in [1.29, 1.82) is 5.26 Å². The number of piperidine rings is 1. The van der Waals surface area contributed by atoms with Gasteiger partial charge in [-0.3, -0.25) is 9.30 Å². The minimum Gasteiger partial charge on any atom is -0.465 e. The van der Waals surface area contributed by atoms with E-state index in [1.807, 2.05) is 0 Å². The highest BCUT2D eigenvalue weighted by Crippen LogP contribution is 2.45. The molecule has 1 amide bonds. The monoisotopic (exact) mass is 536 g/mol. The predicted octanol–water partition coefficient (Wildman–Crippen LogP) is 6.25. The number of hydrogen-bond acceptors (Lipinski definition) is 7. The van der Waals surface area contributed by atoms with Crippen LogP contribution in [-0.4, -0.2) is 49.6 Å². The number of nitrogens with zero attached hydrogens (tertiary/aromatic N) is 6. The zero-order valence-corrected chi connectivity index (χ0v) is 21.9. The number of carbonyl (C=O) groups is 1. The van der Waals surface area contributed by atoms with Crippen LogP contribution in [0.5, 0.6) is 0 Å². The van der Waals surface area contributed by atoms with Crippen molar-refractivity contribution in [3.05, 3.63) is 51.7 Å². The Morgan fingerprint density at radius 2 is 1.92 bits per heavy atom. The summed E-state index contributed by atoms with van der Waals surface area (Å²) < 4.78 is 15.7. The zero-order valence-electron chi connectivity index (χ0n) is 20.2. The molecule has 1 aromatic carbocycles. The quantitative estimate of drug-likeness (QED) is 0.313. The van der Waals surface area contributed by atoms with Crippen molar-refractivity contribution in [3.63, 3.8) is 0 Å². The van der Waals surface area contributed by atoms with Gasteiger partial charge in [-0.15, -0.1) is 11.3 Å². The van der Waals surface area contributed by atoms with Gasteiger partial charge in [0.2, 0.25) is 0 Å². The Bertz CT molecular complexity index is 1510. The molecule has 4 aromatic rings. The molecule has 3 aromatic heterocycles. The molecule has 1 N–H and O–H groups in total. The van der Waals surface area contributed by atoms with Gasteiger partial charge in [-0.1, -0.05) is 18.3 Å². The van der Waals surface area contributed by atoms with Crippen LogP contribution in [0.25, 0.3) is 16.2 Å². The van der Waals surface area contributed by atoms with Crippen molar-refractivity contribution in [1.82, 2.24) is 19.3 Å². The van der Waals surface area contributed by atoms with E-state index in [0.717, 1.165) is 59.3 Å². The van der Waals surface area contributed by atoms with E-state index in [4.69, 9.17) is 9.97 Å². The van der Waals surface area contributed by atoms with Gasteiger partial charge < -0.3 is 10.0 Å². The molecule has 1 saturated heterocycles. The highest BCUT2D eigenvalue weighted by atomic mass is 32.1. The summed E-state index contributed by atoms with van der Waals surface area (Å²) in [6.07, 6.45) is 5.75. The van der Waals surface area contributed by atoms with E-state index >= 15 is 0 Å². The number of halogens is 1. The molecular weight excluding hydrogens is 511 g/mol. The molecule has 1 aliphatic heterocycles. The van der Waals surface area contributed by atoms with Crippen LogP contribution in [0.2, 0.25) is 0 Å². The first kappa shape index (κ1) is 23.9. The molecule has 1 saturated carbocycles. The summed E-state index contributed by atoms with van der Waals surface area (Å²) in [7, 11) is 0. The molecule has 2 aliphatic rings. The van der Waals surface area contributed by atoms with Gasteiger partial charge in [0.25, 0.3) is 0 Å². The first-order valence-electron chi connectivity index (χ1n) is 12.4. The molecular formula is C26H25FN6O2S2. The average Bonchev–Trinajstić information content (AvgIpc) is 3.37. The Balaban J connectivity index is 1.39. The number of imidazole rings is 1. The summed E-state index contributed by atoms with van der Waals surface area (Å²) in [6.45, 7) is 3.18. The largest absolute Gasteiger partial charge is 0.465 e. The van der Waals surface area contributed by atoms with Crippen molar-refractivity contribution in [2.75, 3.05) is 18.0 Å².